The summed E-state index contributed by atoms with van der Waals surface area (Å²) in [5.41, 5.74) is 1.32. The van der Waals surface area contributed by atoms with E-state index in [1.165, 1.54) is 18.2 Å². The van der Waals surface area contributed by atoms with Crippen LogP contribution in [0.15, 0.2) is 48.2 Å². The van der Waals surface area contributed by atoms with Crippen LogP contribution in [-0.4, -0.2) is 34.5 Å². The minimum atomic E-state index is -1.30. The number of amides is 3. The number of benzene rings is 2. The van der Waals surface area contributed by atoms with Gasteiger partial charge < -0.3 is 15.2 Å². The predicted octanol–water partition coefficient (Wildman–Crippen LogP) is 3.55. The van der Waals surface area contributed by atoms with Gasteiger partial charge in [0.2, 0.25) is 0 Å². The molecular formula is C19H14Cl2N2O5. The van der Waals surface area contributed by atoms with E-state index in [1.54, 1.807) is 0 Å². The first-order chi connectivity index (χ1) is 13.3. The van der Waals surface area contributed by atoms with Gasteiger partial charge in [0, 0.05) is 0 Å². The molecule has 2 aromatic carbocycles. The summed E-state index contributed by atoms with van der Waals surface area (Å²) in [6.07, 6.45) is 1.36. The summed E-state index contributed by atoms with van der Waals surface area (Å²) in [4.78, 5) is 35.3. The van der Waals surface area contributed by atoms with E-state index in [0.29, 0.717) is 16.2 Å². The molecule has 1 saturated heterocycles. The number of imide groups is 1. The molecule has 144 valence electrons. The number of halogens is 2. The average Bonchev–Trinajstić information content (AvgIpc) is 2.89. The lowest BCUT2D eigenvalue weighted by molar-refractivity contribution is -0.140. The lowest BCUT2D eigenvalue weighted by Gasteiger charge is -2.11. The summed E-state index contributed by atoms with van der Waals surface area (Å²) in [5.74, 6) is -1.75. The molecule has 2 aromatic rings. The van der Waals surface area contributed by atoms with E-state index in [1.807, 2.05) is 30.3 Å². The Balaban J connectivity index is 1.79. The lowest BCUT2D eigenvalue weighted by atomic mass is 10.1. The summed E-state index contributed by atoms with van der Waals surface area (Å²) in [6, 6.07) is 11.7. The van der Waals surface area contributed by atoms with Gasteiger partial charge >= 0.3 is 12.0 Å². The van der Waals surface area contributed by atoms with Gasteiger partial charge in [-0.25, -0.2) is 9.69 Å². The number of rotatable bonds is 6. The monoisotopic (exact) mass is 420 g/mol. The Morgan fingerprint density at radius 2 is 1.79 bits per heavy atom. The van der Waals surface area contributed by atoms with E-state index in [2.05, 4.69) is 5.32 Å². The van der Waals surface area contributed by atoms with Crippen molar-refractivity contribution >= 4 is 47.2 Å². The van der Waals surface area contributed by atoms with Crippen LogP contribution in [0.2, 0.25) is 10.0 Å². The second kappa shape index (κ2) is 8.33. The molecule has 9 heteroatoms. The number of urea groups is 1. The van der Waals surface area contributed by atoms with E-state index in [0.717, 1.165) is 5.56 Å². The Morgan fingerprint density at radius 1 is 1.14 bits per heavy atom. The van der Waals surface area contributed by atoms with Crippen molar-refractivity contribution in [2.75, 3.05) is 6.54 Å². The fraction of sp³-hybridized carbons (Fsp3) is 0.105. The summed E-state index contributed by atoms with van der Waals surface area (Å²) in [5, 5.41) is 11.6. The van der Waals surface area contributed by atoms with Crippen LogP contribution in [0.5, 0.6) is 5.75 Å². The van der Waals surface area contributed by atoms with Crippen molar-refractivity contribution in [3.63, 3.8) is 0 Å². The molecule has 3 rings (SSSR count). The maximum Gasteiger partial charge on any atom is 0.329 e. The van der Waals surface area contributed by atoms with Gasteiger partial charge in [0.05, 0.1) is 10.0 Å². The first kappa shape index (κ1) is 19.7. The van der Waals surface area contributed by atoms with Gasteiger partial charge in [0.15, 0.2) is 5.75 Å². The molecule has 3 amide bonds. The van der Waals surface area contributed by atoms with Gasteiger partial charge in [0.25, 0.3) is 5.91 Å². The molecule has 2 N–H and O–H groups in total. The average molecular weight is 421 g/mol. The third-order valence-corrected chi connectivity index (χ3v) is 4.37. The fourth-order valence-electron chi connectivity index (χ4n) is 2.55. The number of hydrogen-bond donors (Lipinski definition) is 2. The number of carbonyl (C=O) groups is 3. The van der Waals surface area contributed by atoms with Crippen LogP contribution in [0.25, 0.3) is 6.08 Å². The van der Waals surface area contributed by atoms with Crippen molar-refractivity contribution in [2.24, 2.45) is 0 Å². The summed E-state index contributed by atoms with van der Waals surface area (Å²) < 4.78 is 5.68. The first-order valence-corrected chi connectivity index (χ1v) is 8.83. The molecule has 0 unspecified atom stereocenters. The number of carboxylic acid groups (broad SMARTS) is 1. The number of nitrogens with zero attached hydrogens (tertiary/aromatic N) is 1. The van der Waals surface area contributed by atoms with Gasteiger partial charge in [-0.3, -0.25) is 9.59 Å². The maximum absolute atomic E-state index is 12.2. The van der Waals surface area contributed by atoms with Crippen LogP contribution in [-0.2, 0) is 16.2 Å². The van der Waals surface area contributed by atoms with Crippen LogP contribution in [0.3, 0.4) is 0 Å². The van der Waals surface area contributed by atoms with Crippen molar-refractivity contribution in [1.29, 1.82) is 0 Å². The smallest absolute Gasteiger partial charge is 0.329 e. The quantitative estimate of drug-likeness (QED) is 0.550. The van der Waals surface area contributed by atoms with Crippen LogP contribution in [0, 0.1) is 0 Å². The molecule has 1 heterocycles. The zero-order chi connectivity index (χ0) is 20.3. The summed E-state index contributed by atoms with van der Waals surface area (Å²) in [6.45, 7) is -0.449. The van der Waals surface area contributed by atoms with Crippen molar-refractivity contribution in [3.05, 3.63) is 69.3 Å². The van der Waals surface area contributed by atoms with E-state index >= 15 is 0 Å². The van der Waals surface area contributed by atoms with E-state index in [-0.39, 0.29) is 22.3 Å². The predicted molar refractivity (Wildman–Crippen MR) is 103 cm³/mol. The van der Waals surface area contributed by atoms with E-state index < -0.39 is 24.5 Å². The third-order valence-electron chi connectivity index (χ3n) is 3.81. The molecule has 0 saturated carbocycles. The SMILES string of the molecule is O=C(O)CN1C(=O)N/C(=C/c2cc(Cl)c(OCc3ccccc3)c(Cl)c2)C1=O. The van der Waals surface area contributed by atoms with Crippen molar-refractivity contribution in [1.82, 2.24) is 10.2 Å². The minimum Gasteiger partial charge on any atom is -0.486 e. The van der Waals surface area contributed by atoms with E-state index in [4.69, 9.17) is 33.0 Å². The number of hydrogen-bond acceptors (Lipinski definition) is 4. The van der Waals surface area contributed by atoms with Crippen molar-refractivity contribution < 1.29 is 24.2 Å². The van der Waals surface area contributed by atoms with Gasteiger partial charge in [0.1, 0.15) is 18.8 Å². The molecule has 1 fully saturated rings. The fourth-order valence-corrected chi connectivity index (χ4v) is 3.16. The topological polar surface area (TPSA) is 95.9 Å². The second-order valence-electron chi connectivity index (χ2n) is 5.86. The largest absolute Gasteiger partial charge is 0.486 e. The lowest BCUT2D eigenvalue weighted by Crippen LogP contribution is -2.35. The minimum absolute atomic E-state index is 0.0728. The molecule has 28 heavy (non-hydrogen) atoms. The number of carbonyl (C=O) groups excluding carboxylic acids is 2. The van der Waals surface area contributed by atoms with Gasteiger partial charge in [-0.15, -0.1) is 0 Å². The highest BCUT2D eigenvalue weighted by Crippen LogP contribution is 2.35. The zero-order valence-electron chi connectivity index (χ0n) is 14.3. The molecule has 7 nitrogen and oxygen atoms in total. The first-order valence-electron chi connectivity index (χ1n) is 8.07. The standard InChI is InChI=1S/C19H14Cl2N2O5/c20-13-6-12(8-15-18(26)23(9-16(24)25)19(27)22-15)7-14(21)17(13)28-10-11-4-2-1-3-5-11/h1-8H,9-10H2,(H,22,27)(H,24,25)/b15-8+. The Labute approximate surface area is 170 Å². The van der Waals surface area contributed by atoms with E-state index in [9.17, 15) is 14.4 Å². The van der Waals surface area contributed by atoms with Crippen molar-refractivity contribution in [2.45, 2.75) is 6.61 Å². The summed E-state index contributed by atoms with van der Waals surface area (Å²) in [7, 11) is 0. The van der Waals surface area contributed by atoms with Gasteiger partial charge in [-0.2, -0.15) is 0 Å². The van der Waals surface area contributed by atoms with Crippen molar-refractivity contribution in [3.8, 4) is 5.75 Å². The molecule has 0 bridgehead atoms. The molecule has 0 aliphatic carbocycles. The van der Waals surface area contributed by atoms with Crippen LogP contribution in [0.1, 0.15) is 11.1 Å². The maximum atomic E-state index is 12.2. The highest BCUT2D eigenvalue weighted by molar-refractivity contribution is 6.37. The Kier molecular flexibility index (Phi) is 5.87. The molecule has 0 radical (unpaired) electrons. The molecular weight excluding hydrogens is 407 g/mol. The molecule has 0 atom stereocenters. The number of nitrogens with one attached hydrogen (secondary N) is 1. The second-order valence-corrected chi connectivity index (χ2v) is 6.68. The number of ether oxygens (including phenoxy) is 1. The Hall–Kier alpha value is -3.03. The van der Waals surface area contributed by atoms with Crippen LogP contribution < -0.4 is 10.1 Å². The third kappa shape index (κ3) is 4.44. The number of aliphatic carboxylic acids is 1. The van der Waals surface area contributed by atoms with Gasteiger partial charge in [-0.1, -0.05) is 53.5 Å². The number of carboxylic acids is 1. The normalized spacial score (nSPS) is 15.1. The Bertz CT molecular complexity index is 953. The summed E-state index contributed by atoms with van der Waals surface area (Å²) >= 11 is 12.5. The Morgan fingerprint density at radius 3 is 2.39 bits per heavy atom. The van der Waals surface area contributed by atoms with Crippen LogP contribution in [0.4, 0.5) is 4.79 Å². The molecule has 0 aromatic heterocycles. The molecule has 1 aliphatic heterocycles. The highest BCUT2D eigenvalue weighted by Gasteiger charge is 2.34. The molecule has 0 spiro atoms. The highest BCUT2D eigenvalue weighted by atomic mass is 35.5. The van der Waals surface area contributed by atoms with Crippen LogP contribution >= 0.6 is 23.2 Å². The van der Waals surface area contributed by atoms with Gasteiger partial charge in [-0.05, 0) is 29.3 Å². The zero-order valence-corrected chi connectivity index (χ0v) is 15.8. The molecule has 1 aliphatic rings.